The lowest BCUT2D eigenvalue weighted by Gasteiger charge is -2.43. The number of hydrogen-bond donors (Lipinski definition) is 2. The van der Waals surface area contributed by atoms with Gasteiger partial charge in [-0.15, -0.1) is 0 Å². The van der Waals surface area contributed by atoms with Crippen LogP contribution in [-0.2, 0) is 19.0 Å². The molecule has 2 N–H and O–H groups in total. The number of likely N-dealkylation sites (tertiary alicyclic amines) is 1. The molecule has 36 heavy (non-hydrogen) atoms. The summed E-state index contributed by atoms with van der Waals surface area (Å²) < 4.78 is 12.5. The number of aromatic hydroxyl groups is 1. The first-order valence-corrected chi connectivity index (χ1v) is 13.7. The van der Waals surface area contributed by atoms with Crippen molar-refractivity contribution in [3.05, 3.63) is 45.0 Å². The lowest BCUT2D eigenvalue weighted by atomic mass is 9.58. The molecule has 2 aliphatic heterocycles. The minimum atomic E-state index is -0.988. The molecule has 2 amide bonds. The minimum Gasteiger partial charge on any atom is -0.507 e. The third-order valence-corrected chi connectivity index (χ3v) is 8.19. The molecule has 9 heteroatoms. The third kappa shape index (κ3) is 5.35. The molecular formula is C27H35BBrNO6. The third-order valence-electron chi connectivity index (χ3n) is 7.70. The molecule has 1 aliphatic carbocycles. The number of phenols is 1. The molecule has 1 aromatic carbocycles. The molecule has 0 unspecified atom stereocenters. The fraction of sp³-hybridized carbons (Fsp3) is 0.556. The van der Waals surface area contributed by atoms with Crippen LogP contribution >= 0.6 is 15.9 Å². The van der Waals surface area contributed by atoms with E-state index in [-0.39, 0.29) is 35.5 Å². The molecule has 0 bridgehead atoms. The standard InChI is InChI=1S/C27H35BBrNO6/c1-4-10-30-26(32)20-13-18(15-35-3)24-21(25(20)27(30)33)14-28(34)36-23(24)9-6-16(5-2)11-17-12-19(29)7-8-22(17)31/h7-8,11-12,20-21,23,25,31,34H,4-6,9-10,13-15H2,1-3H3/b16-11+/t20-,21+,23-,25-/m1/s1. The van der Waals surface area contributed by atoms with Crippen molar-refractivity contribution >= 4 is 40.9 Å². The van der Waals surface area contributed by atoms with Gasteiger partial charge in [-0.05, 0) is 73.7 Å². The van der Waals surface area contributed by atoms with Crippen molar-refractivity contribution in [3.63, 3.8) is 0 Å². The fourth-order valence-corrected chi connectivity index (χ4v) is 6.49. The molecule has 2 fully saturated rings. The van der Waals surface area contributed by atoms with E-state index in [2.05, 4.69) is 22.9 Å². The Morgan fingerprint density at radius 3 is 2.75 bits per heavy atom. The zero-order chi connectivity index (χ0) is 26.0. The van der Waals surface area contributed by atoms with Crippen LogP contribution in [-0.4, -0.2) is 60.3 Å². The van der Waals surface area contributed by atoms with E-state index in [0.717, 1.165) is 39.6 Å². The van der Waals surface area contributed by atoms with Crippen LogP contribution in [0.2, 0.25) is 6.32 Å². The summed E-state index contributed by atoms with van der Waals surface area (Å²) in [6.07, 6.45) is 5.30. The largest absolute Gasteiger partial charge is 0.507 e. The van der Waals surface area contributed by atoms with Crippen LogP contribution < -0.4 is 0 Å². The number of methoxy groups -OCH3 is 1. The van der Waals surface area contributed by atoms with E-state index in [0.29, 0.717) is 38.7 Å². The lowest BCUT2D eigenvalue weighted by Crippen LogP contribution is -2.46. The quantitative estimate of drug-likeness (QED) is 0.261. The molecule has 2 saturated heterocycles. The average molecular weight is 560 g/mol. The molecular weight excluding hydrogens is 525 g/mol. The first-order valence-electron chi connectivity index (χ1n) is 12.9. The van der Waals surface area contributed by atoms with Crippen LogP contribution in [0, 0.1) is 17.8 Å². The van der Waals surface area contributed by atoms with E-state index in [4.69, 9.17) is 9.39 Å². The molecule has 3 aliphatic rings. The Kier molecular flexibility index (Phi) is 8.76. The molecule has 2 heterocycles. The van der Waals surface area contributed by atoms with Gasteiger partial charge >= 0.3 is 7.12 Å². The van der Waals surface area contributed by atoms with E-state index >= 15 is 0 Å². The van der Waals surface area contributed by atoms with E-state index in [1.807, 2.05) is 19.1 Å². The first kappa shape index (κ1) is 27.1. The normalized spacial score (nSPS) is 26.5. The highest BCUT2D eigenvalue weighted by molar-refractivity contribution is 9.10. The summed E-state index contributed by atoms with van der Waals surface area (Å²) in [5, 5.41) is 20.9. The Morgan fingerprint density at radius 2 is 2.06 bits per heavy atom. The molecule has 4 atom stereocenters. The summed E-state index contributed by atoms with van der Waals surface area (Å²) in [5.74, 6) is -1.05. The zero-order valence-electron chi connectivity index (χ0n) is 21.2. The summed E-state index contributed by atoms with van der Waals surface area (Å²) in [4.78, 5) is 27.9. The van der Waals surface area contributed by atoms with Crippen molar-refractivity contribution in [2.75, 3.05) is 20.3 Å². The van der Waals surface area contributed by atoms with Crippen molar-refractivity contribution in [2.45, 2.75) is 58.4 Å². The van der Waals surface area contributed by atoms with Crippen molar-refractivity contribution in [2.24, 2.45) is 17.8 Å². The van der Waals surface area contributed by atoms with Crippen LogP contribution in [0.5, 0.6) is 5.75 Å². The van der Waals surface area contributed by atoms with Gasteiger partial charge in [-0.25, -0.2) is 0 Å². The molecule has 0 spiro atoms. The molecule has 4 rings (SSSR count). The van der Waals surface area contributed by atoms with Gasteiger partial charge in [-0.3, -0.25) is 14.5 Å². The lowest BCUT2D eigenvalue weighted by molar-refractivity contribution is -0.140. The fourth-order valence-electron chi connectivity index (χ4n) is 6.11. The molecule has 0 saturated carbocycles. The highest BCUT2D eigenvalue weighted by Crippen LogP contribution is 2.50. The maximum Gasteiger partial charge on any atom is 0.455 e. The minimum absolute atomic E-state index is 0.0953. The van der Waals surface area contributed by atoms with Gasteiger partial charge < -0.3 is 19.5 Å². The van der Waals surface area contributed by atoms with Gasteiger partial charge in [0.05, 0.1) is 24.5 Å². The van der Waals surface area contributed by atoms with Crippen molar-refractivity contribution in [1.29, 1.82) is 0 Å². The van der Waals surface area contributed by atoms with Gasteiger partial charge in [-0.1, -0.05) is 41.4 Å². The molecule has 0 aromatic heterocycles. The van der Waals surface area contributed by atoms with Gasteiger partial charge in [-0.2, -0.15) is 0 Å². The summed E-state index contributed by atoms with van der Waals surface area (Å²) in [5.41, 5.74) is 3.94. The van der Waals surface area contributed by atoms with Crippen LogP contribution in [0.25, 0.3) is 6.08 Å². The maximum absolute atomic E-state index is 13.3. The Morgan fingerprint density at radius 1 is 1.28 bits per heavy atom. The number of allylic oxidation sites excluding steroid dienone is 1. The number of rotatable bonds is 9. The van der Waals surface area contributed by atoms with E-state index in [1.165, 1.54) is 4.90 Å². The van der Waals surface area contributed by atoms with Crippen LogP contribution in [0.3, 0.4) is 0 Å². The SMILES string of the molecule is CCCN1C(=O)[C@@H]2[C@@H](CC(COC)=C3[C@@H](CC/C(=C/c4cc(Br)ccc4O)CC)OB(O)C[C@@H]32)C1=O. The van der Waals surface area contributed by atoms with Crippen LogP contribution in [0.15, 0.2) is 39.4 Å². The van der Waals surface area contributed by atoms with Gasteiger partial charge in [0.2, 0.25) is 11.8 Å². The molecule has 1 aromatic rings. The second kappa shape index (κ2) is 11.6. The van der Waals surface area contributed by atoms with Crippen molar-refractivity contribution in [3.8, 4) is 5.75 Å². The number of benzene rings is 1. The van der Waals surface area contributed by atoms with Crippen molar-refractivity contribution < 1.29 is 29.1 Å². The van der Waals surface area contributed by atoms with E-state index < -0.39 is 13.0 Å². The number of phenolic OH excluding ortho intramolecular Hbond substituents is 1. The monoisotopic (exact) mass is 559 g/mol. The number of ether oxygens (including phenoxy) is 1. The first-order chi connectivity index (χ1) is 17.3. The molecule has 0 radical (unpaired) electrons. The summed E-state index contributed by atoms with van der Waals surface area (Å²) >= 11 is 3.46. The number of halogens is 1. The topological polar surface area (TPSA) is 96.3 Å². The Balaban J connectivity index is 1.62. The Labute approximate surface area is 221 Å². The predicted molar refractivity (Wildman–Crippen MR) is 142 cm³/mol. The Hall–Kier alpha value is -1.94. The smallest absolute Gasteiger partial charge is 0.455 e. The van der Waals surface area contributed by atoms with Gasteiger partial charge in [0.25, 0.3) is 0 Å². The number of imide groups is 1. The van der Waals surface area contributed by atoms with Gasteiger partial charge in [0, 0.05) is 23.7 Å². The number of carbonyl (C=O) groups excluding carboxylic acids is 2. The highest BCUT2D eigenvalue weighted by atomic mass is 79.9. The predicted octanol–water partition coefficient (Wildman–Crippen LogP) is 4.58. The number of amides is 2. The number of fused-ring (bicyclic) bond motifs is 3. The highest BCUT2D eigenvalue weighted by Gasteiger charge is 2.57. The van der Waals surface area contributed by atoms with Gasteiger partial charge in [0.15, 0.2) is 0 Å². The van der Waals surface area contributed by atoms with E-state index in [1.54, 1.807) is 19.2 Å². The zero-order valence-corrected chi connectivity index (χ0v) is 22.8. The maximum atomic E-state index is 13.3. The molecule has 7 nitrogen and oxygen atoms in total. The van der Waals surface area contributed by atoms with Crippen molar-refractivity contribution in [1.82, 2.24) is 4.90 Å². The van der Waals surface area contributed by atoms with Crippen LogP contribution in [0.1, 0.15) is 51.5 Å². The summed E-state index contributed by atoms with van der Waals surface area (Å²) in [7, 11) is 0.646. The van der Waals surface area contributed by atoms with E-state index in [9.17, 15) is 19.7 Å². The average Bonchev–Trinajstić information content (AvgIpc) is 3.08. The van der Waals surface area contributed by atoms with Gasteiger partial charge in [0.1, 0.15) is 5.75 Å². The summed E-state index contributed by atoms with van der Waals surface area (Å²) in [6.45, 7) is 4.85. The number of nitrogens with zero attached hydrogens (tertiary/aromatic N) is 1. The Bertz CT molecular complexity index is 1070. The van der Waals surface area contributed by atoms with Crippen LogP contribution in [0.4, 0.5) is 0 Å². The number of carbonyl (C=O) groups is 2. The second-order valence-electron chi connectivity index (χ2n) is 9.98. The second-order valence-corrected chi connectivity index (χ2v) is 10.9. The molecule has 194 valence electrons. The summed E-state index contributed by atoms with van der Waals surface area (Å²) in [6, 6.07) is 5.34. The number of hydrogen-bond acceptors (Lipinski definition) is 6.